The zero-order chi connectivity index (χ0) is 34.3. The lowest BCUT2D eigenvalue weighted by Crippen LogP contribution is -2.19. The molecule has 0 spiro atoms. The van der Waals surface area contributed by atoms with Crippen LogP contribution in [-0.2, 0) is 9.59 Å². The summed E-state index contributed by atoms with van der Waals surface area (Å²) in [6.07, 6.45) is 6.51. The average molecular weight is 639 g/mol. The third-order valence-electron chi connectivity index (χ3n) is 8.82. The van der Waals surface area contributed by atoms with Crippen molar-refractivity contribution in [2.24, 2.45) is 11.8 Å². The molecule has 48 heavy (non-hydrogen) atoms. The number of fused-ring (bicyclic) bond motifs is 2. The molecule has 0 amide bonds. The van der Waals surface area contributed by atoms with E-state index in [1.807, 2.05) is 90.1 Å². The molecule has 0 saturated heterocycles. The molecule has 2 heterocycles. The molecule has 0 saturated carbocycles. The Morgan fingerprint density at radius 2 is 0.979 bits per heavy atom. The Balaban J connectivity index is 1.56. The van der Waals surface area contributed by atoms with Crippen LogP contribution >= 0.6 is 0 Å². The molecule has 8 heteroatoms. The largest absolute Gasteiger partial charge is 0.504 e. The van der Waals surface area contributed by atoms with E-state index < -0.39 is 11.6 Å². The fraction of sp³-hybridized carbons (Fsp3) is 0.200. The maximum absolute atomic E-state index is 13.7. The topological polar surface area (TPSA) is 124 Å². The summed E-state index contributed by atoms with van der Waals surface area (Å²) < 4.78 is 0. The van der Waals surface area contributed by atoms with Gasteiger partial charge in [0.1, 0.15) is 11.6 Å². The minimum atomic E-state index is -0.467. The molecule has 8 nitrogen and oxygen atoms in total. The predicted octanol–water partition coefficient (Wildman–Crippen LogP) is 8.68. The molecule has 6 rings (SSSR count). The van der Waals surface area contributed by atoms with Crippen molar-refractivity contribution in [2.75, 3.05) is 10.6 Å². The number of pyridine rings is 2. The Hall–Kier alpha value is -5.76. The Kier molecular flexibility index (Phi) is 8.58. The van der Waals surface area contributed by atoms with Crippen LogP contribution in [0.25, 0.3) is 33.4 Å². The van der Waals surface area contributed by atoms with Gasteiger partial charge in [0.05, 0.1) is 0 Å². The van der Waals surface area contributed by atoms with Gasteiger partial charge < -0.3 is 20.8 Å². The Morgan fingerprint density at radius 1 is 0.583 bits per heavy atom. The van der Waals surface area contributed by atoms with Crippen molar-refractivity contribution in [3.05, 3.63) is 130 Å². The molecule has 4 N–H and O–H groups in total. The molecule has 2 aliphatic rings. The summed E-state index contributed by atoms with van der Waals surface area (Å²) in [6, 6.07) is 18.9. The summed E-state index contributed by atoms with van der Waals surface area (Å²) in [5.74, 6) is -0.529. The SMILES string of the molecule is Cc1cc2c(cc1-c1cc3c(cc1C)C(C(C)C)=C(O)C(=O)/C3=C\Nc1ccccn1)/C(=C/Nc1ccccn1)C(=O)C(O)=C2C(C)C. The molecular weight excluding hydrogens is 600 g/mol. The molecule has 4 aromatic rings. The van der Waals surface area contributed by atoms with Crippen LogP contribution in [-0.4, -0.2) is 31.7 Å². The van der Waals surface area contributed by atoms with Crippen LogP contribution in [0.2, 0.25) is 0 Å². The van der Waals surface area contributed by atoms with Crippen molar-refractivity contribution in [3.8, 4) is 11.1 Å². The van der Waals surface area contributed by atoms with E-state index >= 15 is 0 Å². The molecule has 0 bridgehead atoms. The van der Waals surface area contributed by atoms with Crippen LogP contribution in [0, 0.1) is 25.7 Å². The van der Waals surface area contributed by atoms with Crippen LogP contribution in [0.15, 0.2) is 97.0 Å². The van der Waals surface area contributed by atoms with Gasteiger partial charge in [0.15, 0.2) is 11.5 Å². The van der Waals surface area contributed by atoms with Gasteiger partial charge in [-0.15, -0.1) is 0 Å². The van der Waals surface area contributed by atoms with Crippen LogP contribution < -0.4 is 10.6 Å². The first-order valence-electron chi connectivity index (χ1n) is 16.0. The maximum Gasteiger partial charge on any atom is 0.229 e. The van der Waals surface area contributed by atoms with Crippen molar-refractivity contribution in [2.45, 2.75) is 41.5 Å². The first-order chi connectivity index (χ1) is 23.0. The van der Waals surface area contributed by atoms with Gasteiger partial charge in [-0.25, -0.2) is 9.97 Å². The highest BCUT2D eigenvalue weighted by atomic mass is 16.3. The molecule has 2 aromatic heterocycles. The number of hydrogen-bond acceptors (Lipinski definition) is 8. The van der Waals surface area contributed by atoms with Gasteiger partial charge in [0.25, 0.3) is 0 Å². The lowest BCUT2D eigenvalue weighted by molar-refractivity contribution is -0.113. The number of allylic oxidation sites excluding steroid dienone is 4. The molecule has 0 fully saturated rings. The van der Waals surface area contributed by atoms with E-state index in [1.165, 1.54) is 0 Å². The van der Waals surface area contributed by atoms with Crippen molar-refractivity contribution < 1.29 is 19.8 Å². The van der Waals surface area contributed by atoms with Gasteiger partial charge in [-0.05, 0) is 107 Å². The smallest absolute Gasteiger partial charge is 0.229 e. The zero-order valence-corrected chi connectivity index (χ0v) is 27.8. The molecule has 2 aliphatic carbocycles. The van der Waals surface area contributed by atoms with E-state index in [1.54, 1.807) is 36.9 Å². The number of aliphatic hydroxyl groups excluding tert-OH is 2. The number of rotatable bonds is 7. The minimum absolute atomic E-state index is 0.104. The number of Topliss-reactive ketones (excluding diaryl/α,β-unsaturated/α-hetero) is 2. The third kappa shape index (κ3) is 5.70. The minimum Gasteiger partial charge on any atom is -0.504 e. The van der Waals surface area contributed by atoms with Crippen LogP contribution in [0.5, 0.6) is 0 Å². The van der Waals surface area contributed by atoms with E-state index in [0.29, 0.717) is 45.1 Å². The first-order valence-corrected chi connectivity index (χ1v) is 16.0. The van der Waals surface area contributed by atoms with E-state index in [2.05, 4.69) is 20.6 Å². The molecular formula is C40H38N4O4. The highest BCUT2D eigenvalue weighted by molar-refractivity contribution is 6.34. The van der Waals surface area contributed by atoms with E-state index in [4.69, 9.17) is 0 Å². The molecule has 0 aliphatic heterocycles. The number of ketones is 2. The summed E-state index contributed by atoms with van der Waals surface area (Å²) >= 11 is 0. The molecule has 0 atom stereocenters. The third-order valence-corrected chi connectivity index (χ3v) is 8.82. The van der Waals surface area contributed by atoms with Crippen molar-refractivity contribution in [1.82, 2.24) is 9.97 Å². The van der Waals surface area contributed by atoms with Crippen molar-refractivity contribution in [1.29, 1.82) is 0 Å². The number of carbonyl (C=O) groups is 2. The summed E-state index contributed by atoms with van der Waals surface area (Å²) in [5, 5.41) is 28.5. The van der Waals surface area contributed by atoms with Gasteiger partial charge in [-0.1, -0.05) is 52.0 Å². The zero-order valence-electron chi connectivity index (χ0n) is 27.8. The van der Waals surface area contributed by atoms with E-state index in [-0.39, 0.29) is 23.4 Å². The molecule has 0 unspecified atom stereocenters. The monoisotopic (exact) mass is 638 g/mol. The van der Waals surface area contributed by atoms with Crippen LogP contribution in [0.1, 0.15) is 61.1 Å². The second kappa shape index (κ2) is 12.8. The van der Waals surface area contributed by atoms with E-state index in [0.717, 1.165) is 33.4 Å². The summed E-state index contributed by atoms with van der Waals surface area (Å²) in [5.41, 5.74) is 8.43. The highest BCUT2D eigenvalue weighted by Crippen LogP contribution is 2.45. The fourth-order valence-electron chi connectivity index (χ4n) is 6.53. The average Bonchev–Trinajstić information content (AvgIpc) is 3.06. The number of aliphatic hydroxyl groups is 2. The Morgan fingerprint density at radius 3 is 1.31 bits per heavy atom. The lowest BCUT2D eigenvalue weighted by atomic mass is 9.76. The normalized spacial score (nSPS) is 16.2. The number of hydrogen-bond donors (Lipinski definition) is 4. The highest BCUT2D eigenvalue weighted by Gasteiger charge is 2.34. The quantitative estimate of drug-likeness (QED) is 0.148. The van der Waals surface area contributed by atoms with Crippen molar-refractivity contribution in [3.63, 3.8) is 0 Å². The van der Waals surface area contributed by atoms with Gasteiger partial charge in [0.2, 0.25) is 11.6 Å². The number of benzene rings is 2. The number of nitrogens with zero attached hydrogens (tertiary/aromatic N) is 2. The second-order valence-corrected chi connectivity index (χ2v) is 12.8. The second-order valence-electron chi connectivity index (χ2n) is 12.8. The Bertz CT molecular complexity index is 1940. The van der Waals surface area contributed by atoms with Crippen LogP contribution in [0.3, 0.4) is 0 Å². The van der Waals surface area contributed by atoms with Gasteiger partial charge >= 0.3 is 0 Å². The number of nitrogens with one attached hydrogen (secondary N) is 2. The predicted molar refractivity (Wildman–Crippen MR) is 192 cm³/mol. The number of carbonyl (C=O) groups excluding carboxylic acids is 2. The molecule has 0 radical (unpaired) electrons. The standard InChI is InChI=1S/C40H38N4O4/c1-21(2)35-29-15-23(5)25(17-27(29)31(37(45)39(35)47)19-43-33-11-7-9-13-41-33)26-18-28-30(16-24(26)6)36(22(3)4)40(48)38(46)32(28)20-44-34-12-8-10-14-42-34/h7-22,47-48H,1-6H3,(H,41,43)(H,42,44)/b31-19-,32-20-. The first kappa shape index (κ1) is 32.2. The maximum atomic E-state index is 13.7. The summed E-state index contributed by atoms with van der Waals surface area (Å²) in [4.78, 5) is 36.0. The summed E-state index contributed by atoms with van der Waals surface area (Å²) in [6.45, 7) is 11.8. The number of anilines is 2. The summed E-state index contributed by atoms with van der Waals surface area (Å²) in [7, 11) is 0. The van der Waals surface area contributed by atoms with E-state index in [9.17, 15) is 19.8 Å². The Labute approximate surface area is 280 Å². The number of aromatic nitrogens is 2. The van der Waals surface area contributed by atoms with Gasteiger partial charge in [-0.2, -0.15) is 0 Å². The fourth-order valence-corrected chi connectivity index (χ4v) is 6.53. The lowest BCUT2D eigenvalue weighted by Gasteiger charge is -2.28. The van der Waals surface area contributed by atoms with Gasteiger partial charge in [-0.3, -0.25) is 9.59 Å². The number of aryl methyl sites for hydroxylation is 2. The molecule has 2 aromatic carbocycles. The van der Waals surface area contributed by atoms with Crippen LogP contribution in [0.4, 0.5) is 11.6 Å². The molecule has 242 valence electrons. The van der Waals surface area contributed by atoms with Crippen molar-refractivity contribution >= 4 is 45.5 Å². The van der Waals surface area contributed by atoms with Gasteiger partial charge in [0, 0.05) is 47.1 Å².